The minimum Gasteiger partial charge on any atom is -0.338 e. The van der Waals surface area contributed by atoms with Crippen molar-refractivity contribution in [1.29, 1.82) is 0 Å². The molecule has 7 heteroatoms. The van der Waals surface area contributed by atoms with Gasteiger partial charge in [-0.1, -0.05) is 37.3 Å². The number of urea groups is 1. The number of fused-ring (bicyclic) bond motifs is 1. The van der Waals surface area contributed by atoms with Gasteiger partial charge in [-0.25, -0.2) is 4.79 Å². The van der Waals surface area contributed by atoms with E-state index in [4.69, 9.17) is 0 Å². The summed E-state index contributed by atoms with van der Waals surface area (Å²) in [5, 5.41) is 8.45. The lowest BCUT2D eigenvalue weighted by molar-refractivity contribution is -0.116. The van der Waals surface area contributed by atoms with Gasteiger partial charge in [-0.3, -0.25) is 14.5 Å². The minimum absolute atomic E-state index is 0.0306. The molecule has 7 nitrogen and oxygen atoms in total. The van der Waals surface area contributed by atoms with Crippen LogP contribution < -0.4 is 20.9 Å². The first-order valence-electron chi connectivity index (χ1n) is 9.40. The van der Waals surface area contributed by atoms with E-state index in [0.29, 0.717) is 30.8 Å². The number of nitrogens with zero attached hydrogens (tertiary/aromatic N) is 1. The van der Waals surface area contributed by atoms with Gasteiger partial charge < -0.3 is 16.0 Å². The smallest absolute Gasteiger partial charge is 0.322 e. The molecule has 1 aliphatic rings. The fraction of sp³-hybridized carbons (Fsp3) is 0.286. The standard InChI is InChI=1S/C21H24N4O3/c1-2-15-8-3-4-9-16(15)23-19(26)12-7-13-22-21(28)25-14-20(27)24-17-10-5-6-11-18(17)25/h3-6,8-11H,2,7,12-14H2,1H3,(H,22,28)(H,23,26)(H,24,27). The van der Waals surface area contributed by atoms with Gasteiger partial charge in [-0.2, -0.15) is 0 Å². The lowest BCUT2D eigenvalue weighted by Crippen LogP contribution is -2.47. The van der Waals surface area contributed by atoms with E-state index in [9.17, 15) is 14.4 Å². The van der Waals surface area contributed by atoms with Crippen molar-refractivity contribution < 1.29 is 14.4 Å². The molecule has 1 heterocycles. The van der Waals surface area contributed by atoms with Crippen LogP contribution in [0.2, 0.25) is 0 Å². The molecular weight excluding hydrogens is 356 g/mol. The molecule has 0 radical (unpaired) electrons. The highest BCUT2D eigenvalue weighted by Gasteiger charge is 2.26. The van der Waals surface area contributed by atoms with Gasteiger partial charge in [0.25, 0.3) is 0 Å². The van der Waals surface area contributed by atoms with E-state index in [1.807, 2.05) is 37.3 Å². The molecule has 4 amide bonds. The first-order valence-corrected chi connectivity index (χ1v) is 9.40. The summed E-state index contributed by atoms with van der Waals surface area (Å²) in [6, 6.07) is 14.5. The molecule has 0 spiro atoms. The van der Waals surface area contributed by atoms with E-state index in [0.717, 1.165) is 17.7 Å². The predicted octanol–water partition coefficient (Wildman–Crippen LogP) is 3.14. The van der Waals surface area contributed by atoms with Crippen LogP contribution in [0.15, 0.2) is 48.5 Å². The van der Waals surface area contributed by atoms with Crippen LogP contribution in [-0.2, 0) is 16.0 Å². The Labute approximate surface area is 164 Å². The molecule has 2 aromatic rings. The Hall–Kier alpha value is -3.35. The zero-order valence-electron chi connectivity index (χ0n) is 15.8. The maximum atomic E-state index is 12.5. The number of carbonyl (C=O) groups excluding carboxylic acids is 3. The monoisotopic (exact) mass is 380 g/mol. The fourth-order valence-corrected chi connectivity index (χ4v) is 3.12. The second kappa shape index (κ2) is 9.03. The maximum Gasteiger partial charge on any atom is 0.322 e. The lowest BCUT2D eigenvalue weighted by Gasteiger charge is -2.29. The van der Waals surface area contributed by atoms with E-state index in [-0.39, 0.29) is 24.4 Å². The van der Waals surface area contributed by atoms with E-state index in [1.165, 1.54) is 4.90 Å². The van der Waals surface area contributed by atoms with Crippen molar-refractivity contribution >= 4 is 34.9 Å². The van der Waals surface area contributed by atoms with Crippen LogP contribution in [0.3, 0.4) is 0 Å². The molecule has 0 saturated carbocycles. The van der Waals surface area contributed by atoms with Gasteiger partial charge in [0, 0.05) is 18.7 Å². The van der Waals surface area contributed by atoms with Crippen molar-refractivity contribution in [2.75, 3.05) is 28.6 Å². The quantitative estimate of drug-likeness (QED) is 0.673. The van der Waals surface area contributed by atoms with Crippen LogP contribution >= 0.6 is 0 Å². The third-order valence-corrected chi connectivity index (χ3v) is 4.55. The Balaban J connectivity index is 1.47. The lowest BCUT2D eigenvalue weighted by atomic mass is 10.1. The highest BCUT2D eigenvalue weighted by molar-refractivity contribution is 6.09. The molecule has 0 atom stereocenters. The van der Waals surface area contributed by atoms with Crippen molar-refractivity contribution in [1.82, 2.24) is 5.32 Å². The van der Waals surface area contributed by atoms with Gasteiger partial charge in [0.1, 0.15) is 6.54 Å². The molecule has 0 saturated heterocycles. The summed E-state index contributed by atoms with van der Waals surface area (Å²) in [5.41, 5.74) is 3.19. The number of rotatable bonds is 6. The number of anilines is 3. The molecule has 146 valence electrons. The van der Waals surface area contributed by atoms with Crippen LogP contribution in [0.1, 0.15) is 25.3 Å². The van der Waals surface area contributed by atoms with Crippen molar-refractivity contribution in [3.8, 4) is 0 Å². The van der Waals surface area contributed by atoms with Crippen LogP contribution in [0.5, 0.6) is 0 Å². The fourth-order valence-electron chi connectivity index (χ4n) is 3.12. The summed E-state index contributed by atoms with van der Waals surface area (Å²) in [6.45, 7) is 2.36. The Morgan fingerprint density at radius 1 is 1.11 bits per heavy atom. The van der Waals surface area contributed by atoms with Crippen molar-refractivity contribution in [3.05, 3.63) is 54.1 Å². The van der Waals surface area contributed by atoms with E-state index in [2.05, 4.69) is 16.0 Å². The molecule has 0 fully saturated rings. The van der Waals surface area contributed by atoms with E-state index >= 15 is 0 Å². The average Bonchev–Trinajstić information content (AvgIpc) is 2.70. The van der Waals surface area contributed by atoms with Crippen molar-refractivity contribution in [2.45, 2.75) is 26.2 Å². The molecule has 0 bridgehead atoms. The number of aryl methyl sites for hydroxylation is 1. The number of para-hydroxylation sites is 3. The summed E-state index contributed by atoms with van der Waals surface area (Å²) in [7, 11) is 0. The van der Waals surface area contributed by atoms with Gasteiger partial charge in [0.15, 0.2) is 0 Å². The van der Waals surface area contributed by atoms with Gasteiger partial charge in [0.05, 0.1) is 11.4 Å². The molecule has 3 N–H and O–H groups in total. The SMILES string of the molecule is CCc1ccccc1NC(=O)CCCNC(=O)N1CC(=O)Nc2ccccc21. The summed E-state index contributed by atoms with van der Waals surface area (Å²) in [6.07, 6.45) is 1.65. The molecule has 0 aromatic heterocycles. The largest absolute Gasteiger partial charge is 0.338 e. The molecule has 28 heavy (non-hydrogen) atoms. The minimum atomic E-state index is -0.348. The highest BCUT2D eigenvalue weighted by Crippen LogP contribution is 2.28. The maximum absolute atomic E-state index is 12.5. The molecule has 3 rings (SSSR count). The third-order valence-electron chi connectivity index (χ3n) is 4.55. The summed E-state index contributed by atoms with van der Waals surface area (Å²) in [5.74, 6) is -0.319. The second-order valence-corrected chi connectivity index (χ2v) is 6.55. The van der Waals surface area contributed by atoms with Crippen LogP contribution in [0.25, 0.3) is 0 Å². The van der Waals surface area contributed by atoms with Crippen LogP contribution in [0, 0.1) is 0 Å². The molecular formula is C21H24N4O3. The normalized spacial score (nSPS) is 12.8. The van der Waals surface area contributed by atoms with E-state index < -0.39 is 0 Å². The van der Waals surface area contributed by atoms with Gasteiger partial charge in [-0.05, 0) is 36.6 Å². The third kappa shape index (κ3) is 4.68. The molecule has 2 aromatic carbocycles. The zero-order chi connectivity index (χ0) is 19.9. The van der Waals surface area contributed by atoms with E-state index in [1.54, 1.807) is 18.2 Å². The second-order valence-electron chi connectivity index (χ2n) is 6.55. The Kier molecular flexibility index (Phi) is 6.26. The number of amides is 4. The molecule has 1 aliphatic heterocycles. The summed E-state index contributed by atoms with van der Waals surface area (Å²) in [4.78, 5) is 37.8. The Bertz CT molecular complexity index is 881. The van der Waals surface area contributed by atoms with Gasteiger partial charge in [0.2, 0.25) is 11.8 Å². The predicted molar refractivity (Wildman–Crippen MR) is 110 cm³/mol. The number of nitrogens with one attached hydrogen (secondary N) is 3. The summed E-state index contributed by atoms with van der Waals surface area (Å²) >= 11 is 0. The van der Waals surface area contributed by atoms with Crippen LogP contribution in [0.4, 0.5) is 21.9 Å². The van der Waals surface area contributed by atoms with Gasteiger partial charge in [-0.15, -0.1) is 0 Å². The number of carbonyl (C=O) groups is 3. The first-order chi connectivity index (χ1) is 13.6. The Morgan fingerprint density at radius 2 is 1.86 bits per heavy atom. The van der Waals surface area contributed by atoms with Crippen LogP contribution in [-0.4, -0.2) is 30.9 Å². The number of hydrogen-bond donors (Lipinski definition) is 3. The Morgan fingerprint density at radius 3 is 2.68 bits per heavy atom. The number of benzene rings is 2. The van der Waals surface area contributed by atoms with Gasteiger partial charge >= 0.3 is 6.03 Å². The summed E-state index contributed by atoms with van der Waals surface area (Å²) < 4.78 is 0. The highest BCUT2D eigenvalue weighted by atomic mass is 16.2. The number of hydrogen-bond acceptors (Lipinski definition) is 3. The molecule has 0 unspecified atom stereocenters. The zero-order valence-corrected chi connectivity index (χ0v) is 15.8. The molecule has 0 aliphatic carbocycles. The van der Waals surface area contributed by atoms with Crippen molar-refractivity contribution in [3.63, 3.8) is 0 Å². The first kappa shape index (κ1) is 19.4. The van der Waals surface area contributed by atoms with Crippen molar-refractivity contribution in [2.24, 2.45) is 0 Å². The average molecular weight is 380 g/mol. The topological polar surface area (TPSA) is 90.5 Å².